The minimum Gasteiger partial charge on any atom is -0.383 e. The molecule has 0 bridgehead atoms. The molecule has 1 unspecified atom stereocenters. The van der Waals surface area contributed by atoms with E-state index in [-0.39, 0.29) is 12.0 Å². The summed E-state index contributed by atoms with van der Waals surface area (Å²) >= 11 is 0. The Morgan fingerprint density at radius 1 is 1.35 bits per heavy atom. The molecule has 31 heavy (non-hydrogen) atoms. The van der Waals surface area contributed by atoms with Crippen molar-refractivity contribution >= 4 is 33.5 Å². The van der Waals surface area contributed by atoms with Crippen LogP contribution in [0.15, 0.2) is 36.7 Å². The maximum Gasteiger partial charge on any atom is 0.249 e. The van der Waals surface area contributed by atoms with E-state index in [9.17, 15) is 4.79 Å². The van der Waals surface area contributed by atoms with Crippen molar-refractivity contribution in [2.24, 2.45) is 0 Å². The summed E-state index contributed by atoms with van der Waals surface area (Å²) in [6.45, 7) is 5.09. The molecule has 9 heteroatoms. The van der Waals surface area contributed by atoms with Crippen molar-refractivity contribution in [1.82, 2.24) is 30.3 Å². The zero-order chi connectivity index (χ0) is 21.6. The summed E-state index contributed by atoms with van der Waals surface area (Å²) < 4.78 is 7.31. The maximum atomic E-state index is 12.5. The number of hydrogen-bond acceptors (Lipinski definition) is 6. The largest absolute Gasteiger partial charge is 0.383 e. The van der Waals surface area contributed by atoms with Crippen molar-refractivity contribution in [2.45, 2.75) is 44.9 Å². The summed E-state index contributed by atoms with van der Waals surface area (Å²) in [6.07, 6.45) is 4.93. The SMILES string of the molecule is CC(C)(Cn1cc2c(N)nc3cc(-c4ccn[nH]4)ccc3c2n1)NC(=O)C1CCCO1. The molecular weight excluding hydrogens is 394 g/mol. The Morgan fingerprint density at radius 2 is 2.23 bits per heavy atom. The molecule has 160 valence electrons. The third-order valence-corrected chi connectivity index (χ3v) is 5.58. The number of nitrogens with zero attached hydrogens (tertiary/aromatic N) is 4. The van der Waals surface area contributed by atoms with Gasteiger partial charge in [0.05, 0.1) is 28.7 Å². The number of H-pyrrole nitrogens is 1. The molecule has 4 N–H and O–H groups in total. The molecule has 0 radical (unpaired) electrons. The smallest absolute Gasteiger partial charge is 0.249 e. The first-order chi connectivity index (χ1) is 14.9. The predicted octanol–water partition coefficient (Wildman–Crippen LogP) is 2.63. The molecule has 4 heterocycles. The molecule has 0 saturated carbocycles. The lowest BCUT2D eigenvalue weighted by Crippen LogP contribution is -2.50. The lowest BCUT2D eigenvalue weighted by atomic mass is 10.0. The number of nitrogens with one attached hydrogen (secondary N) is 2. The summed E-state index contributed by atoms with van der Waals surface area (Å²) in [6, 6.07) is 7.90. The van der Waals surface area contributed by atoms with E-state index in [1.54, 1.807) is 6.20 Å². The van der Waals surface area contributed by atoms with Crippen molar-refractivity contribution < 1.29 is 9.53 Å². The molecule has 1 saturated heterocycles. The van der Waals surface area contributed by atoms with Crippen LogP contribution in [0, 0.1) is 0 Å². The fraction of sp³-hybridized carbons (Fsp3) is 0.364. The Morgan fingerprint density at radius 3 is 2.97 bits per heavy atom. The highest BCUT2D eigenvalue weighted by molar-refractivity contribution is 6.08. The van der Waals surface area contributed by atoms with Gasteiger partial charge in [0.15, 0.2) is 0 Å². The molecule has 0 aliphatic carbocycles. The molecule has 1 aliphatic rings. The number of rotatable bonds is 5. The molecule has 9 nitrogen and oxygen atoms in total. The van der Waals surface area contributed by atoms with Crippen molar-refractivity contribution in [3.8, 4) is 11.3 Å². The number of amides is 1. The summed E-state index contributed by atoms with van der Waals surface area (Å²) in [5.74, 6) is 0.355. The number of carbonyl (C=O) groups excluding carboxylic acids is 1. The van der Waals surface area contributed by atoms with E-state index in [2.05, 4.69) is 20.5 Å². The number of nitrogen functional groups attached to an aromatic ring is 1. The van der Waals surface area contributed by atoms with Gasteiger partial charge in [-0.3, -0.25) is 14.6 Å². The summed E-state index contributed by atoms with van der Waals surface area (Å²) in [5.41, 5.74) is 9.21. The second-order valence-corrected chi connectivity index (χ2v) is 8.66. The van der Waals surface area contributed by atoms with E-state index < -0.39 is 5.54 Å². The Hall–Kier alpha value is -3.46. The van der Waals surface area contributed by atoms with Crippen LogP contribution in [0.5, 0.6) is 0 Å². The standard InChI is InChI=1S/C22H25N7O2/c1-22(2,26-21(30)18-4-3-9-31-18)12-29-11-15-19(28-29)14-6-5-13(16-7-8-24-27-16)10-17(14)25-20(15)23/h5-8,10-11,18H,3-4,9,12H2,1-2H3,(H2,23,25)(H,24,27)(H,26,30). The quantitative estimate of drug-likeness (QED) is 0.457. The summed E-state index contributed by atoms with van der Waals surface area (Å²) in [5, 5.41) is 16.5. The number of benzene rings is 1. The van der Waals surface area contributed by atoms with Crippen molar-refractivity contribution in [2.75, 3.05) is 12.3 Å². The second kappa shape index (κ2) is 7.35. The number of nitrogens with two attached hydrogens (primary N) is 1. The fourth-order valence-electron chi connectivity index (χ4n) is 4.13. The van der Waals surface area contributed by atoms with Crippen LogP contribution in [0.4, 0.5) is 5.82 Å². The Bertz CT molecular complexity index is 1250. The third-order valence-electron chi connectivity index (χ3n) is 5.58. The molecular formula is C22H25N7O2. The van der Waals surface area contributed by atoms with Crippen LogP contribution in [0.1, 0.15) is 26.7 Å². The van der Waals surface area contributed by atoms with Gasteiger partial charge < -0.3 is 15.8 Å². The number of fused-ring (bicyclic) bond motifs is 3. The topological polar surface area (TPSA) is 124 Å². The van der Waals surface area contributed by atoms with E-state index in [1.807, 2.05) is 49.0 Å². The monoisotopic (exact) mass is 419 g/mol. The van der Waals surface area contributed by atoms with Crippen LogP contribution < -0.4 is 11.1 Å². The first kappa shape index (κ1) is 19.5. The zero-order valence-electron chi connectivity index (χ0n) is 17.6. The van der Waals surface area contributed by atoms with Gasteiger partial charge in [-0.05, 0) is 44.9 Å². The highest BCUT2D eigenvalue weighted by Gasteiger charge is 2.29. The molecule has 1 aromatic carbocycles. The van der Waals surface area contributed by atoms with Gasteiger partial charge in [-0.15, -0.1) is 0 Å². The van der Waals surface area contributed by atoms with Crippen molar-refractivity contribution in [3.05, 3.63) is 36.7 Å². The van der Waals surface area contributed by atoms with Crippen LogP contribution >= 0.6 is 0 Å². The Balaban J connectivity index is 1.45. The predicted molar refractivity (Wildman–Crippen MR) is 118 cm³/mol. The zero-order valence-corrected chi connectivity index (χ0v) is 17.6. The molecule has 1 aliphatic heterocycles. The van der Waals surface area contributed by atoms with Crippen LogP contribution in [0.3, 0.4) is 0 Å². The lowest BCUT2D eigenvalue weighted by molar-refractivity contribution is -0.131. The van der Waals surface area contributed by atoms with Crippen molar-refractivity contribution in [1.29, 1.82) is 0 Å². The number of aromatic nitrogens is 5. The molecule has 0 spiro atoms. The molecule has 5 rings (SSSR count). The van der Waals surface area contributed by atoms with Gasteiger partial charge in [0.2, 0.25) is 5.91 Å². The molecule has 3 aromatic heterocycles. The normalized spacial score (nSPS) is 16.9. The number of hydrogen-bond donors (Lipinski definition) is 3. The van der Waals surface area contributed by atoms with Gasteiger partial charge in [0.1, 0.15) is 17.4 Å². The van der Waals surface area contributed by atoms with E-state index in [0.29, 0.717) is 19.0 Å². The van der Waals surface area contributed by atoms with Gasteiger partial charge in [0, 0.05) is 30.0 Å². The molecule has 1 amide bonds. The minimum atomic E-state index is -0.503. The van der Waals surface area contributed by atoms with E-state index in [1.165, 1.54) is 0 Å². The number of ether oxygens (including phenoxy) is 1. The van der Waals surface area contributed by atoms with E-state index >= 15 is 0 Å². The minimum absolute atomic E-state index is 0.0721. The maximum absolute atomic E-state index is 12.5. The highest BCUT2D eigenvalue weighted by Crippen LogP contribution is 2.30. The van der Waals surface area contributed by atoms with Crippen LogP contribution in [-0.2, 0) is 16.1 Å². The first-order valence-corrected chi connectivity index (χ1v) is 10.4. The van der Waals surface area contributed by atoms with E-state index in [4.69, 9.17) is 15.6 Å². The second-order valence-electron chi connectivity index (χ2n) is 8.66. The van der Waals surface area contributed by atoms with Crippen LogP contribution in [0.25, 0.3) is 33.1 Å². The lowest BCUT2D eigenvalue weighted by Gasteiger charge is -2.27. The highest BCUT2D eigenvalue weighted by atomic mass is 16.5. The van der Waals surface area contributed by atoms with Gasteiger partial charge in [0.25, 0.3) is 0 Å². The van der Waals surface area contributed by atoms with E-state index in [0.717, 1.165) is 45.9 Å². The summed E-state index contributed by atoms with van der Waals surface area (Å²) in [4.78, 5) is 17.1. The molecule has 4 aromatic rings. The van der Waals surface area contributed by atoms with Crippen LogP contribution in [-0.4, -0.2) is 49.1 Å². The number of aromatic amines is 1. The van der Waals surface area contributed by atoms with Gasteiger partial charge >= 0.3 is 0 Å². The first-order valence-electron chi connectivity index (χ1n) is 10.4. The molecule has 1 atom stereocenters. The summed E-state index contributed by atoms with van der Waals surface area (Å²) in [7, 11) is 0. The number of anilines is 1. The Kier molecular flexibility index (Phi) is 4.62. The third kappa shape index (κ3) is 3.72. The molecule has 1 fully saturated rings. The van der Waals surface area contributed by atoms with Gasteiger partial charge in [-0.1, -0.05) is 6.07 Å². The number of carbonyl (C=O) groups is 1. The fourth-order valence-corrected chi connectivity index (χ4v) is 4.13. The average Bonchev–Trinajstić information content (AvgIpc) is 3.48. The van der Waals surface area contributed by atoms with Crippen LogP contribution in [0.2, 0.25) is 0 Å². The average molecular weight is 419 g/mol. The number of pyridine rings is 1. The van der Waals surface area contributed by atoms with Gasteiger partial charge in [-0.2, -0.15) is 10.2 Å². The van der Waals surface area contributed by atoms with Crippen molar-refractivity contribution in [3.63, 3.8) is 0 Å². The van der Waals surface area contributed by atoms with Gasteiger partial charge in [-0.25, -0.2) is 4.98 Å². The Labute approximate surface area is 179 Å².